The molecule has 72 valence electrons. The normalized spacial score (nSPS) is 14.3. The Labute approximate surface area is 78.7 Å². The first-order chi connectivity index (χ1) is 5.39. The van der Waals surface area contributed by atoms with Crippen molar-refractivity contribution in [3.63, 3.8) is 0 Å². The fourth-order valence-electron chi connectivity index (χ4n) is 1.16. The Kier molecular flexibility index (Phi) is 4.68. The number of aliphatic carboxylic acids is 1. The van der Waals surface area contributed by atoms with Crippen molar-refractivity contribution in [3.05, 3.63) is 0 Å². The van der Waals surface area contributed by atoms with Crippen molar-refractivity contribution < 1.29 is 9.90 Å². The van der Waals surface area contributed by atoms with Gasteiger partial charge >= 0.3 is 5.97 Å². The number of hydrogen-bond donors (Lipinski definition) is 1. The Balaban J connectivity index is 4.15. The quantitative estimate of drug-likeness (QED) is 0.740. The first-order valence-electron chi connectivity index (χ1n) is 4.11. The molecule has 0 unspecified atom stereocenters. The molecule has 1 atom stereocenters. The molecule has 0 saturated carbocycles. The van der Waals surface area contributed by atoms with Crippen molar-refractivity contribution in [1.82, 2.24) is 0 Å². The summed E-state index contributed by atoms with van der Waals surface area (Å²) in [6.07, 6.45) is 2.77. The summed E-state index contributed by atoms with van der Waals surface area (Å²) in [5.74, 6) is 0.0373. The number of carboxylic acid groups (broad SMARTS) is 1. The van der Waals surface area contributed by atoms with Crippen LogP contribution >= 0.6 is 11.8 Å². The van der Waals surface area contributed by atoms with Crippen molar-refractivity contribution >= 4 is 17.7 Å². The van der Waals surface area contributed by atoms with Crippen LogP contribution in [0.15, 0.2) is 0 Å². The van der Waals surface area contributed by atoms with Crippen molar-refractivity contribution in [3.8, 4) is 0 Å². The van der Waals surface area contributed by atoms with E-state index in [-0.39, 0.29) is 11.3 Å². The summed E-state index contributed by atoms with van der Waals surface area (Å²) >= 11 is 1.70. The molecule has 0 rings (SSSR count). The minimum atomic E-state index is -0.670. The van der Waals surface area contributed by atoms with Gasteiger partial charge in [-0.2, -0.15) is 11.8 Å². The fourth-order valence-corrected chi connectivity index (χ4v) is 1.63. The number of thioether (sulfide) groups is 1. The number of carbonyl (C=O) groups is 1. The molecule has 0 saturated heterocycles. The molecule has 0 aromatic heterocycles. The number of rotatable bonds is 4. The van der Waals surface area contributed by atoms with Crippen molar-refractivity contribution in [2.45, 2.75) is 27.2 Å². The van der Waals surface area contributed by atoms with Crippen LogP contribution in [0.5, 0.6) is 0 Å². The molecular formula is C9H18O2S. The Morgan fingerprint density at radius 2 is 2.00 bits per heavy atom. The van der Waals surface area contributed by atoms with Gasteiger partial charge in [-0.3, -0.25) is 4.79 Å². The number of carboxylic acids is 1. The van der Waals surface area contributed by atoms with Crippen molar-refractivity contribution in [1.29, 1.82) is 0 Å². The molecule has 0 fully saturated rings. The van der Waals surface area contributed by atoms with E-state index < -0.39 is 5.97 Å². The van der Waals surface area contributed by atoms with Gasteiger partial charge in [0, 0.05) is 0 Å². The maximum atomic E-state index is 10.8. The molecule has 0 radical (unpaired) electrons. The smallest absolute Gasteiger partial charge is 0.307 e. The summed E-state index contributed by atoms with van der Waals surface area (Å²) in [4.78, 5) is 10.8. The minimum Gasteiger partial charge on any atom is -0.481 e. The standard InChI is InChI=1S/C9H18O2S/c1-9(2,3)7(8(10)11)5-6-12-4/h7H,5-6H2,1-4H3,(H,10,11)/t7-/m1/s1. The van der Waals surface area contributed by atoms with Crippen LogP contribution in [-0.4, -0.2) is 23.1 Å². The Morgan fingerprint density at radius 3 is 2.25 bits per heavy atom. The first-order valence-corrected chi connectivity index (χ1v) is 5.50. The second-order valence-corrected chi connectivity index (χ2v) is 5.02. The SMILES string of the molecule is CSCC[C@H](C(=O)O)C(C)(C)C. The highest BCUT2D eigenvalue weighted by molar-refractivity contribution is 7.98. The van der Waals surface area contributed by atoms with E-state index in [4.69, 9.17) is 5.11 Å². The van der Waals surface area contributed by atoms with E-state index in [0.29, 0.717) is 0 Å². The van der Waals surface area contributed by atoms with E-state index in [1.165, 1.54) is 0 Å². The van der Waals surface area contributed by atoms with Gasteiger partial charge in [-0.25, -0.2) is 0 Å². The van der Waals surface area contributed by atoms with E-state index in [9.17, 15) is 4.79 Å². The highest BCUT2D eigenvalue weighted by Crippen LogP contribution is 2.29. The Morgan fingerprint density at radius 1 is 1.50 bits per heavy atom. The Hall–Kier alpha value is -0.180. The highest BCUT2D eigenvalue weighted by Gasteiger charge is 2.30. The lowest BCUT2D eigenvalue weighted by atomic mass is 9.79. The molecule has 0 aliphatic rings. The molecule has 0 bridgehead atoms. The van der Waals surface area contributed by atoms with Gasteiger partial charge in [0.2, 0.25) is 0 Å². The molecule has 0 spiro atoms. The third-order valence-electron chi connectivity index (χ3n) is 1.95. The van der Waals surface area contributed by atoms with E-state index in [2.05, 4.69) is 0 Å². The largest absolute Gasteiger partial charge is 0.481 e. The van der Waals surface area contributed by atoms with Crippen LogP contribution in [0.4, 0.5) is 0 Å². The summed E-state index contributed by atoms with van der Waals surface area (Å²) in [6, 6.07) is 0. The Bertz CT molecular complexity index is 149. The second kappa shape index (κ2) is 4.75. The van der Waals surface area contributed by atoms with Crippen LogP contribution in [0.25, 0.3) is 0 Å². The van der Waals surface area contributed by atoms with Crippen LogP contribution in [0.1, 0.15) is 27.2 Å². The lowest BCUT2D eigenvalue weighted by molar-refractivity contribution is -0.145. The third-order valence-corrected chi connectivity index (χ3v) is 2.60. The zero-order valence-corrected chi connectivity index (χ0v) is 9.07. The molecule has 2 nitrogen and oxygen atoms in total. The zero-order chi connectivity index (χ0) is 9.78. The average Bonchev–Trinajstić information content (AvgIpc) is 1.84. The third kappa shape index (κ3) is 4.00. The maximum Gasteiger partial charge on any atom is 0.307 e. The predicted octanol–water partition coefficient (Wildman–Crippen LogP) is 2.49. The van der Waals surface area contributed by atoms with E-state index >= 15 is 0 Å². The van der Waals surface area contributed by atoms with Gasteiger partial charge in [0.25, 0.3) is 0 Å². The topological polar surface area (TPSA) is 37.3 Å². The van der Waals surface area contributed by atoms with E-state index in [1.54, 1.807) is 11.8 Å². The van der Waals surface area contributed by atoms with Gasteiger partial charge in [0.05, 0.1) is 5.92 Å². The van der Waals surface area contributed by atoms with Crippen LogP contribution < -0.4 is 0 Å². The predicted molar refractivity (Wildman–Crippen MR) is 53.6 cm³/mol. The zero-order valence-electron chi connectivity index (χ0n) is 8.26. The monoisotopic (exact) mass is 190 g/mol. The van der Waals surface area contributed by atoms with E-state index in [0.717, 1.165) is 12.2 Å². The van der Waals surface area contributed by atoms with Crippen molar-refractivity contribution in [2.24, 2.45) is 11.3 Å². The summed E-state index contributed by atoms with van der Waals surface area (Å²) in [5, 5.41) is 8.93. The molecular weight excluding hydrogens is 172 g/mol. The molecule has 0 aromatic rings. The molecule has 0 amide bonds. The van der Waals surface area contributed by atoms with Crippen LogP contribution in [0.3, 0.4) is 0 Å². The maximum absolute atomic E-state index is 10.8. The van der Waals surface area contributed by atoms with Crippen LogP contribution in [0, 0.1) is 11.3 Å². The molecule has 12 heavy (non-hydrogen) atoms. The van der Waals surface area contributed by atoms with Gasteiger partial charge in [-0.05, 0) is 23.8 Å². The minimum absolute atomic E-state index is 0.123. The van der Waals surface area contributed by atoms with Crippen LogP contribution in [0.2, 0.25) is 0 Å². The first kappa shape index (κ1) is 11.8. The van der Waals surface area contributed by atoms with Gasteiger partial charge in [-0.1, -0.05) is 20.8 Å². The molecule has 1 N–H and O–H groups in total. The molecule has 0 aliphatic heterocycles. The molecule has 0 heterocycles. The lowest BCUT2D eigenvalue weighted by Gasteiger charge is -2.26. The summed E-state index contributed by atoms with van der Waals surface area (Å²) in [6.45, 7) is 5.93. The number of hydrogen-bond acceptors (Lipinski definition) is 2. The van der Waals surface area contributed by atoms with Gasteiger partial charge < -0.3 is 5.11 Å². The molecule has 3 heteroatoms. The molecule has 0 aromatic carbocycles. The highest BCUT2D eigenvalue weighted by atomic mass is 32.2. The average molecular weight is 190 g/mol. The summed E-state index contributed by atoms with van der Waals surface area (Å²) in [5.41, 5.74) is -0.123. The lowest BCUT2D eigenvalue weighted by Crippen LogP contribution is -2.28. The van der Waals surface area contributed by atoms with Gasteiger partial charge in [0.1, 0.15) is 0 Å². The van der Waals surface area contributed by atoms with Crippen LogP contribution in [-0.2, 0) is 4.79 Å². The van der Waals surface area contributed by atoms with Gasteiger partial charge in [-0.15, -0.1) is 0 Å². The van der Waals surface area contributed by atoms with Gasteiger partial charge in [0.15, 0.2) is 0 Å². The summed E-state index contributed by atoms with van der Waals surface area (Å²) < 4.78 is 0. The van der Waals surface area contributed by atoms with E-state index in [1.807, 2.05) is 27.0 Å². The fraction of sp³-hybridized carbons (Fsp3) is 0.889. The summed E-state index contributed by atoms with van der Waals surface area (Å²) in [7, 11) is 0. The van der Waals surface area contributed by atoms with Crippen molar-refractivity contribution in [2.75, 3.05) is 12.0 Å². The molecule has 0 aliphatic carbocycles. The second-order valence-electron chi connectivity index (χ2n) is 4.04.